The van der Waals surface area contributed by atoms with Crippen LogP contribution in [0.2, 0.25) is 0 Å². The predicted octanol–water partition coefficient (Wildman–Crippen LogP) is 2.35. The van der Waals surface area contributed by atoms with E-state index in [0.717, 1.165) is 41.9 Å². The molecule has 1 amide bonds. The highest BCUT2D eigenvalue weighted by molar-refractivity contribution is 5.82. The Bertz CT molecular complexity index is 877. The molecule has 1 aliphatic rings. The molecule has 0 radical (unpaired) electrons. The van der Waals surface area contributed by atoms with Crippen LogP contribution >= 0.6 is 0 Å². The Kier molecular flexibility index (Phi) is 6.37. The van der Waals surface area contributed by atoms with Crippen molar-refractivity contribution in [2.45, 2.75) is 45.6 Å². The minimum Gasteiger partial charge on any atom is -0.491 e. The smallest absolute Gasteiger partial charge is 0.239 e. The van der Waals surface area contributed by atoms with Gasteiger partial charge in [-0.25, -0.2) is 9.97 Å². The number of nitrogens with one attached hydrogen (secondary N) is 1. The van der Waals surface area contributed by atoms with E-state index in [1.807, 2.05) is 57.0 Å². The third-order valence-corrected chi connectivity index (χ3v) is 4.62. The lowest BCUT2D eigenvalue weighted by Gasteiger charge is -2.25. The zero-order chi connectivity index (χ0) is 21.0. The number of aromatic nitrogens is 2. The van der Waals surface area contributed by atoms with E-state index in [1.165, 1.54) is 0 Å². The molecule has 29 heavy (non-hydrogen) atoms. The number of aryl methyl sites for hydroxylation is 1. The molecule has 7 nitrogen and oxygen atoms in total. The molecule has 0 bridgehead atoms. The van der Waals surface area contributed by atoms with Gasteiger partial charge in [0, 0.05) is 29.4 Å². The lowest BCUT2D eigenvalue weighted by molar-refractivity contribution is -0.121. The van der Waals surface area contributed by atoms with E-state index in [-0.39, 0.29) is 31.2 Å². The molecule has 0 unspecified atom stereocenters. The van der Waals surface area contributed by atoms with E-state index >= 15 is 0 Å². The van der Waals surface area contributed by atoms with E-state index in [2.05, 4.69) is 5.32 Å². The number of aliphatic hydroxyl groups is 1. The summed E-state index contributed by atoms with van der Waals surface area (Å²) in [5, 5.41) is 12.0. The Balaban J connectivity index is 1.89. The van der Waals surface area contributed by atoms with Gasteiger partial charge in [-0.2, -0.15) is 0 Å². The molecule has 2 aromatic rings. The van der Waals surface area contributed by atoms with Crippen LogP contribution in [0.25, 0.3) is 11.4 Å². The first-order valence-electron chi connectivity index (χ1n) is 10.0. The van der Waals surface area contributed by atoms with Gasteiger partial charge in [0.15, 0.2) is 5.82 Å². The number of hydrogen-bond donors (Lipinski definition) is 2. The van der Waals surface area contributed by atoms with Gasteiger partial charge in [-0.3, -0.25) is 4.79 Å². The molecule has 2 N–H and O–H groups in total. The van der Waals surface area contributed by atoms with Crippen LogP contribution in [0.3, 0.4) is 0 Å². The number of rotatable bonds is 7. The van der Waals surface area contributed by atoms with Crippen LogP contribution in [0.15, 0.2) is 24.3 Å². The zero-order valence-corrected chi connectivity index (χ0v) is 17.7. The molecule has 0 saturated carbocycles. The molecule has 3 rings (SSSR count). The van der Waals surface area contributed by atoms with E-state index in [0.29, 0.717) is 11.6 Å². The van der Waals surface area contributed by atoms with Crippen molar-refractivity contribution >= 4 is 11.7 Å². The van der Waals surface area contributed by atoms with Gasteiger partial charge in [-0.1, -0.05) is 12.1 Å². The quantitative estimate of drug-likeness (QED) is 0.744. The molecule has 156 valence electrons. The van der Waals surface area contributed by atoms with Crippen molar-refractivity contribution < 1.29 is 14.6 Å². The van der Waals surface area contributed by atoms with Crippen molar-refractivity contribution in [3.8, 4) is 17.1 Å². The van der Waals surface area contributed by atoms with E-state index < -0.39 is 0 Å². The number of anilines is 1. The highest BCUT2D eigenvalue weighted by Gasteiger charge is 2.24. The van der Waals surface area contributed by atoms with Crippen LogP contribution in [-0.2, 0) is 17.6 Å². The standard InChI is InChI=1S/C22H30N4O3/c1-22(2,3)25-19(28)14-26(4)21-17-9-6-10-18(17)23-20(24-21)15-7-5-8-16(13-15)29-12-11-27/h5,7-8,13,27H,6,9-12,14H2,1-4H3,(H,25,28). The summed E-state index contributed by atoms with van der Waals surface area (Å²) in [4.78, 5) is 23.9. The number of hydrogen-bond acceptors (Lipinski definition) is 6. The maximum Gasteiger partial charge on any atom is 0.239 e. The third-order valence-electron chi connectivity index (χ3n) is 4.62. The first kappa shape index (κ1) is 21.0. The molecule has 1 heterocycles. The van der Waals surface area contributed by atoms with E-state index in [9.17, 15) is 4.79 Å². The van der Waals surface area contributed by atoms with E-state index in [4.69, 9.17) is 19.8 Å². The molecule has 1 aromatic heterocycles. The third kappa shape index (κ3) is 5.44. The summed E-state index contributed by atoms with van der Waals surface area (Å²) in [6.45, 7) is 6.35. The SMILES string of the molecule is CN(CC(=O)NC(C)(C)C)c1nc(-c2cccc(OCCO)c2)nc2c1CCC2. The number of benzene rings is 1. The maximum absolute atomic E-state index is 12.4. The summed E-state index contributed by atoms with van der Waals surface area (Å²) >= 11 is 0. The Labute approximate surface area is 172 Å². The fourth-order valence-corrected chi connectivity index (χ4v) is 3.49. The first-order valence-corrected chi connectivity index (χ1v) is 10.0. The lowest BCUT2D eigenvalue weighted by Crippen LogP contribution is -2.45. The molecule has 0 fully saturated rings. The van der Waals surface area contributed by atoms with Crippen LogP contribution in [0.5, 0.6) is 5.75 Å². The lowest BCUT2D eigenvalue weighted by atomic mass is 10.1. The van der Waals surface area contributed by atoms with E-state index in [1.54, 1.807) is 0 Å². The molecule has 7 heteroatoms. The van der Waals surface area contributed by atoms with Gasteiger partial charge < -0.3 is 20.1 Å². The minimum absolute atomic E-state index is 0.0358. The second-order valence-corrected chi connectivity index (χ2v) is 8.40. The van der Waals surface area contributed by atoms with Gasteiger partial charge >= 0.3 is 0 Å². The number of likely N-dealkylation sites (N-methyl/N-ethyl adjacent to an activating group) is 1. The molecule has 0 atom stereocenters. The summed E-state index contributed by atoms with van der Waals surface area (Å²) < 4.78 is 5.52. The summed E-state index contributed by atoms with van der Waals surface area (Å²) in [6.07, 6.45) is 2.89. The van der Waals surface area contributed by atoms with Crippen molar-refractivity contribution in [2.24, 2.45) is 0 Å². The normalized spacial score (nSPS) is 13.1. The van der Waals surface area contributed by atoms with Crippen molar-refractivity contribution in [1.29, 1.82) is 0 Å². The molecular weight excluding hydrogens is 368 g/mol. The molecular formula is C22H30N4O3. The highest BCUT2D eigenvalue weighted by atomic mass is 16.5. The molecule has 1 aliphatic carbocycles. The topological polar surface area (TPSA) is 87.6 Å². The Morgan fingerprint density at radius 3 is 2.79 bits per heavy atom. The number of carbonyl (C=O) groups is 1. The maximum atomic E-state index is 12.4. The summed E-state index contributed by atoms with van der Waals surface area (Å²) in [7, 11) is 1.90. The minimum atomic E-state index is -0.272. The van der Waals surface area contributed by atoms with Gasteiger partial charge in [0.05, 0.1) is 13.2 Å². The Morgan fingerprint density at radius 2 is 2.07 bits per heavy atom. The number of fused-ring (bicyclic) bond motifs is 1. The van der Waals surface area contributed by atoms with Gasteiger partial charge in [0.2, 0.25) is 5.91 Å². The number of amides is 1. The second kappa shape index (κ2) is 8.78. The fraction of sp³-hybridized carbons (Fsp3) is 0.500. The zero-order valence-electron chi connectivity index (χ0n) is 17.7. The largest absolute Gasteiger partial charge is 0.491 e. The van der Waals surface area contributed by atoms with Gasteiger partial charge in [0.25, 0.3) is 0 Å². The highest BCUT2D eigenvalue weighted by Crippen LogP contribution is 2.31. The fourth-order valence-electron chi connectivity index (χ4n) is 3.49. The number of nitrogens with zero attached hydrogens (tertiary/aromatic N) is 3. The van der Waals surface area contributed by atoms with Crippen molar-refractivity contribution in [3.05, 3.63) is 35.5 Å². The Hall–Kier alpha value is -2.67. The van der Waals surface area contributed by atoms with Crippen LogP contribution in [-0.4, -0.2) is 53.3 Å². The summed E-state index contributed by atoms with van der Waals surface area (Å²) in [5.74, 6) is 2.07. The van der Waals surface area contributed by atoms with Crippen molar-refractivity contribution in [2.75, 3.05) is 31.7 Å². The van der Waals surface area contributed by atoms with Crippen LogP contribution in [0, 0.1) is 0 Å². The van der Waals surface area contributed by atoms with Crippen LogP contribution < -0.4 is 15.0 Å². The van der Waals surface area contributed by atoms with Gasteiger partial charge in [-0.05, 0) is 52.2 Å². The van der Waals surface area contributed by atoms with Gasteiger partial charge in [-0.15, -0.1) is 0 Å². The summed E-state index contributed by atoms with van der Waals surface area (Å²) in [6, 6.07) is 7.55. The van der Waals surface area contributed by atoms with Crippen LogP contribution in [0.1, 0.15) is 38.4 Å². The summed E-state index contributed by atoms with van der Waals surface area (Å²) in [5.41, 5.74) is 2.76. The number of aliphatic hydroxyl groups excluding tert-OH is 1. The van der Waals surface area contributed by atoms with Crippen molar-refractivity contribution in [3.63, 3.8) is 0 Å². The van der Waals surface area contributed by atoms with Gasteiger partial charge in [0.1, 0.15) is 18.2 Å². The second-order valence-electron chi connectivity index (χ2n) is 8.40. The monoisotopic (exact) mass is 398 g/mol. The molecule has 1 aromatic carbocycles. The van der Waals surface area contributed by atoms with Crippen molar-refractivity contribution in [1.82, 2.24) is 15.3 Å². The number of carbonyl (C=O) groups excluding carboxylic acids is 1. The molecule has 0 spiro atoms. The average Bonchev–Trinajstić information content (AvgIpc) is 3.12. The average molecular weight is 399 g/mol. The predicted molar refractivity (Wildman–Crippen MR) is 113 cm³/mol. The molecule has 0 aliphatic heterocycles. The molecule has 0 saturated heterocycles. The number of ether oxygens (including phenoxy) is 1. The Morgan fingerprint density at radius 1 is 1.28 bits per heavy atom. The van der Waals surface area contributed by atoms with Crippen LogP contribution in [0.4, 0.5) is 5.82 Å². The first-order chi connectivity index (χ1) is 13.8.